The fraction of sp³-hybridized carbons (Fsp3) is 0.143. The lowest BCUT2D eigenvalue weighted by Gasteiger charge is -2.10. The Hall–Kier alpha value is -3.76. The number of fused-ring (bicyclic) bond motifs is 1. The first-order valence-corrected chi connectivity index (χ1v) is 8.59. The molecule has 4 rings (SSSR count). The molecule has 4 aromatic rings. The summed E-state index contributed by atoms with van der Waals surface area (Å²) in [5.41, 5.74) is 7.89. The van der Waals surface area contributed by atoms with Crippen LogP contribution in [-0.4, -0.2) is 25.3 Å². The molecule has 0 saturated carbocycles. The molecule has 2 aromatic carbocycles. The third kappa shape index (κ3) is 3.41. The van der Waals surface area contributed by atoms with Crippen molar-refractivity contribution in [1.82, 2.24) is 20.2 Å². The first-order valence-electron chi connectivity index (χ1n) is 8.59. The van der Waals surface area contributed by atoms with Gasteiger partial charge in [-0.2, -0.15) is 0 Å². The highest BCUT2D eigenvalue weighted by Crippen LogP contribution is 2.26. The van der Waals surface area contributed by atoms with Crippen LogP contribution in [0.25, 0.3) is 22.0 Å². The number of hydrogen-bond donors (Lipinski definition) is 2. The molecular weight excluding hydrogens is 354 g/mol. The second-order valence-electron chi connectivity index (χ2n) is 6.52. The van der Waals surface area contributed by atoms with Crippen LogP contribution in [0.5, 0.6) is 0 Å². The molecule has 0 fully saturated rings. The van der Waals surface area contributed by atoms with E-state index in [4.69, 9.17) is 10.2 Å². The molecule has 1 unspecified atom stereocenters. The highest BCUT2D eigenvalue weighted by atomic mass is 16.4. The van der Waals surface area contributed by atoms with Crippen LogP contribution < -0.4 is 5.73 Å². The second kappa shape index (κ2) is 6.76. The molecule has 2 heterocycles. The molecule has 7 heteroatoms. The number of nitrogens with zero attached hydrogens (tertiary/aromatic N) is 4. The van der Waals surface area contributed by atoms with E-state index in [1.807, 2.05) is 42.5 Å². The molecular formula is C21H17N5O2. The van der Waals surface area contributed by atoms with E-state index in [9.17, 15) is 5.11 Å². The zero-order valence-electron chi connectivity index (χ0n) is 15.3. The van der Waals surface area contributed by atoms with Crippen LogP contribution in [0.1, 0.15) is 24.3 Å². The second-order valence-corrected chi connectivity index (χ2v) is 6.52. The number of nitrogen functional groups attached to an aromatic ring is 1. The van der Waals surface area contributed by atoms with Crippen LogP contribution in [0.15, 0.2) is 53.2 Å². The number of anilines is 1. The first kappa shape index (κ1) is 17.6. The van der Waals surface area contributed by atoms with Crippen LogP contribution in [0.4, 0.5) is 5.82 Å². The van der Waals surface area contributed by atoms with E-state index < -0.39 is 5.60 Å². The molecule has 0 aliphatic carbocycles. The van der Waals surface area contributed by atoms with Gasteiger partial charge in [-0.1, -0.05) is 30.0 Å². The normalized spacial score (nSPS) is 13.0. The third-order valence-corrected chi connectivity index (χ3v) is 4.25. The SMILES string of the molecule is Cc1nnc(C(C)(O)C#Cc2cccc(-c3ccc4ncnc(N)c4c3)c2)o1. The lowest BCUT2D eigenvalue weighted by Crippen LogP contribution is -2.19. The summed E-state index contributed by atoms with van der Waals surface area (Å²) in [6, 6.07) is 13.5. The van der Waals surface area contributed by atoms with Crippen molar-refractivity contribution in [2.45, 2.75) is 19.4 Å². The number of nitrogens with two attached hydrogens (primary N) is 1. The van der Waals surface area contributed by atoms with Gasteiger partial charge in [0.1, 0.15) is 12.1 Å². The highest BCUT2D eigenvalue weighted by Gasteiger charge is 2.27. The molecule has 28 heavy (non-hydrogen) atoms. The molecule has 3 N–H and O–H groups in total. The predicted molar refractivity (Wildman–Crippen MR) is 105 cm³/mol. The van der Waals surface area contributed by atoms with E-state index in [1.54, 1.807) is 6.92 Å². The van der Waals surface area contributed by atoms with Crippen molar-refractivity contribution in [1.29, 1.82) is 0 Å². The van der Waals surface area contributed by atoms with Crippen LogP contribution in [-0.2, 0) is 5.60 Å². The molecule has 1 atom stereocenters. The largest absolute Gasteiger partial charge is 0.421 e. The number of aryl methyl sites for hydroxylation is 1. The van der Waals surface area contributed by atoms with Gasteiger partial charge in [0.15, 0.2) is 0 Å². The molecule has 0 amide bonds. The Balaban J connectivity index is 1.69. The van der Waals surface area contributed by atoms with Gasteiger partial charge in [0.25, 0.3) is 5.89 Å². The van der Waals surface area contributed by atoms with Gasteiger partial charge in [0, 0.05) is 17.9 Å². The summed E-state index contributed by atoms with van der Waals surface area (Å²) in [4.78, 5) is 8.26. The average Bonchev–Trinajstić information content (AvgIpc) is 3.14. The van der Waals surface area contributed by atoms with E-state index in [2.05, 4.69) is 32.0 Å². The quantitative estimate of drug-likeness (QED) is 0.521. The van der Waals surface area contributed by atoms with Crippen molar-refractivity contribution in [2.75, 3.05) is 5.73 Å². The third-order valence-electron chi connectivity index (χ3n) is 4.25. The summed E-state index contributed by atoms with van der Waals surface area (Å²) in [7, 11) is 0. The standard InChI is InChI=1S/C21H17N5O2/c1-13-25-26-20(28-13)21(2,27)9-8-14-4-3-5-15(10-14)16-6-7-18-17(11-16)19(22)24-12-23-18/h3-7,10-12,27H,1-2H3,(H2,22,23,24). The van der Waals surface area contributed by atoms with Gasteiger partial charge in [-0.25, -0.2) is 9.97 Å². The van der Waals surface area contributed by atoms with E-state index >= 15 is 0 Å². The Morgan fingerprint density at radius 3 is 2.68 bits per heavy atom. The van der Waals surface area contributed by atoms with Gasteiger partial charge >= 0.3 is 0 Å². The van der Waals surface area contributed by atoms with Crippen LogP contribution in [0.3, 0.4) is 0 Å². The van der Waals surface area contributed by atoms with Crippen LogP contribution >= 0.6 is 0 Å². The molecule has 138 valence electrons. The van der Waals surface area contributed by atoms with Crippen molar-refractivity contribution >= 4 is 16.7 Å². The predicted octanol–water partition coefficient (Wildman–Crippen LogP) is 2.83. The van der Waals surface area contributed by atoms with Crippen molar-refractivity contribution in [2.24, 2.45) is 0 Å². The minimum absolute atomic E-state index is 0.0682. The van der Waals surface area contributed by atoms with E-state index in [0.717, 1.165) is 27.6 Å². The van der Waals surface area contributed by atoms with E-state index in [-0.39, 0.29) is 5.89 Å². The smallest absolute Gasteiger partial charge is 0.260 e. The Morgan fingerprint density at radius 2 is 1.89 bits per heavy atom. The molecule has 0 spiro atoms. The number of benzene rings is 2. The number of aliphatic hydroxyl groups is 1. The fourth-order valence-corrected chi connectivity index (χ4v) is 2.77. The van der Waals surface area contributed by atoms with Crippen molar-refractivity contribution < 1.29 is 9.52 Å². The summed E-state index contributed by atoms with van der Waals surface area (Å²) in [5.74, 6) is 6.65. The number of aromatic nitrogens is 4. The highest BCUT2D eigenvalue weighted by molar-refractivity contribution is 5.91. The monoisotopic (exact) mass is 371 g/mol. The lowest BCUT2D eigenvalue weighted by molar-refractivity contribution is 0.0881. The van der Waals surface area contributed by atoms with Gasteiger partial charge in [-0.05, 0) is 42.3 Å². The van der Waals surface area contributed by atoms with Gasteiger partial charge in [-0.15, -0.1) is 10.2 Å². The van der Waals surface area contributed by atoms with Gasteiger partial charge < -0.3 is 15.3 Å². The minimum Gasteiger partial charge on any atom is -0.421 e. The average molecular weight is 371 g/mol. The summed E-state index contributed by atoms with van der Waals surface area (Å²) in [6.07, 6.45) is 1.45. The molecule has 0 bridgehead atoms. The topological polar surface area (TPSA) is 111 Å². The Labute approximate surface area is 161 Å². The van der Waals surface area contributed by atoms with Crippen molar-refractivity contribution in [3.05, 3.63) is 66.1 Å². The minimum atomic E-state index is -1.54. The molecule has 0 aliphatic rings. The number of rotatable bonds is 2. The van der Waals surface area contributed by atoms with Crippen LogP contribution in [0.2, 0.25) is 0 Å². The molecule has 2 aromatic heterocycles. The Morgan fingerprint density at radius 1 is 1.07 bits per heavy atom. The van der Waals surface area contributed by atoms with Crippen molar-refractivity contribution in [3.63, 3.8) is 0 Å². The summed E-state index contributed by atoms with van der Waals surface area (Å²) in [6.45, 7) is 3.17. The molecule has 0 aliphatic heterocycles. The maximum atomic E-state index is 10.5. The zero-order valence-corrected chi connectivity index (χ0v) is 15.3. The Kier molecular flexibility index (Phi) is 4.26. The Bertz CT molecular complexity index is 1230. The van der Waals surface area contributed by atoms with Gasteiger partial charge in [0.2, 0.25) is 11.5 Å². The zero-order chi connectivity index (χ0) is 19.7. The van der Waals surface area contributed by atoms with Crippen molar-refractivity contribution in [3.8, 4) is 23.0 Å². The number of hydrogen-bond acceptors (Lipinski definition) is 7. The van der Waals surface area contributed by atoms with E-state index in [0.29, 0.717) is 11.7 Å². The maximum absolute atomic E-state index is 10.5. The van der Waals surface area contributed by atoms with Gasteiger partial charge in [0.05, 0.1) is 5.52 Å². The molecule has 0 radical (unpaired) electrons. The molecule has 7 nitrogen and oxygen atoms in total. The fourth-order valence-electron chi connectivity index (χ4n) is 2.77. The molecule has 0 saturated heterocycles. The summed E-state index contributed by atoms with van der Waals surface area (Å²) in [5, 5.41) is 18.9. The maximum Gasteiger partial charge on any atom is 0.260 e. The summed E-state index contributed by atoms with van der Waals surface area (Å²) >= 11 is 0. The van der Waals surface area contributed by atoms with Gasteiger partial charge in [-0.3, -0.25) is 0 Å². The lowest BCUT2D eigenvalue weighted by atomic mass is 10.0. The summed E-state index contributed by atoms with van der Waals surface area (Å²) < 4.78 is 5.28. The first-order chi connectivity index (χ1) is 13.4. The van der Waals surface area contributed by atoms with E-state index in [1.165, 1.54) is 13.3 Å². The van der Waals surface area contributed by atoms with Crippen LogP contribution in [0, 0.1) is 18.8 Å².